The van der Waals surface area contributed by atoms with E-state index in [0.717, 1.165) is 11.4 Å². The van der Waals surface area contributed by atoms with E-state index in [2.05, 4.69) is 24.0 Å². The molecular formula is C25H23N3O5S. The Hall–Kier alpha value is -3.72. The molecule has 1 aliphatic heterocycles. The molecule has 0 fully saturated rings. The van der Waals surface area contributed by atoms with E-state index in [1.165, 1.54) is 22.3 Å². The van der Waals surface area contributed by atoms with Crippen molar-refractivity contribution in [3.05, 3.63) is 74.6 Å². The van der Waals surface area contributed by atoms with Crippen LogP contribution in [0.15, 0.2) is 51.7 Å². The fraction of sp³-hybridized carbons (Fsp3) is 0.280. The molecule has 1 aliphatic rings. The molecule has 3 heterocycles. The normalized spacial score (nSPS) is 15.4. The highest BCUT2D eigenvalue weighted by Gasteiger charge is 2.45. The zero-order valence-corrected chi connectivity index (χ0v) is 19.8. The smallest absolute Gasteiger partial charge is 0.297 e. The number of benzene rings is 2. The minimum atomic E-state index is -0.803. The fourth-order valence-corrected chi connectivity index (χ4v) is 5.26. The number of ether oxygens (including phenoxy) is 1. The molecule has 0 saturated carbocycles. The van der Waals surface area contributed by atoms with Crippen molar-refractivity contribution in [2.24, 2.45) is 5.92 Å². The van der Waals surface area contributed by atoms with Crippen LogP contribution in [0.4, 0.5) is 5.13 Å². The van der Waals surface area contributed by atoms with Crippen molar-refractivity contribution in [1.29, 1.82) is 0 Å². The van der Waals surface area contributed by atoms with E-state index < -0.39 is 11.9 Å². The third-order valence-corrected chi connectivity index (χ3v) is 6.57. The van der Waals surface area contributed by atoms with Gasteiger partial charge < -0.3 is 14.3 Å². The minimum Gasteiger partial charge on any atom is -0.504 e. The van der Waals surface area contributed by atoms with Crippen LogP contribution in [0.1, 0.15) is 53.5 Å². The highest BCUT2D eigenvalue weighted by atomic mass is 32.1. The number of hydrogen-bond donors (Lipinski definition) is 1. The SMILES string of the molecule is CCOc1cc(C2c3c(oc4ccccc4c3=O)C(=O)N2c2nnc(CC(C)C)s2)ccc1O. The maximum Gasteiger partial charge on any atom is 0.297 e. The van der Waals surface area contributed by atoms with Gasteiger partial charge in [0.05, 0.1) is 23.6 Å². The number of para-hydroxylation sites is 1. The lowest BCUT2D eigenvalue weighted by Gasteiger charge is -2.22. The molecule has 0 spiro atoms. The summed E-state index contributed by atoms with van der Waals surface area (Å²) in [6.07, 6.45) is 0.728. The Morgan fingerprint density at radius 1 is 1.18 bits per heavy atom. The van der Waals surface area contributed by atoms with Crippen LogP contribution < -0.4 is 15.1 Å². The molecular weight excluding hydrogens is 454 g/mol. The van der Waals surface area contributed by atoms with E-state index in [4.69, 9.17) is 9.15 Å². The fourth-order valence-electron chi connectivity index (χ4n) is 4.18. The lowest BCUT2D eigenvalue weighted by Crippen LogP contribution is -2.29. The molecule has 1 N–H and O–H groups in total. The number of aromatic hydroxyl groups is 1. The largest absolute Gasteiger partial charge is 0.504 e. The molecule has 2 aromatic carbocycles. The topological polar surface area (TPSA) is 106 Å². The summed E-state index contributed by atoms with van der Waals surface area (Å²) in [4.78, 5) is 28.7. The van der Waals surface area contributed by atoms with Crippen LogP contribution in [0.2, 0.25) is 0 Å². The third kappa shape index (κ3) is 3.62. The maximum absolute atomic E-state index is 13.6. The maximum atomic E-state index is 13.6. The summed E-state index contributed by atoms with van der Waals surface area (Å²) in [7, 11) is 0. The molecule has 1 amide bonds. The molecule has 2 aromatic heterocycles. The van der Waals surface area contributed by atoms with Gasteiger partial charge in [0, 0.05) is 6.42 Å². The van der Waals surface area contributed by atoms with Gasteiger partial charge in [-0.25, -0.2) is 0 Å². The number of aromatic nitrogens is 2. The van der Waals surface area contributed by atoms with Crippen molar-refractivity contribution in [3.8, 4) is 11.5 Å². The first-order valence-electron chi connectivity index (χ1n) is 11.1. The van der Waals surface area contributed by atoms with Crippen LogP contribution in [-0.4, -0.2) is 27.8 Å². The summed E-state index contributed by atoms with van der Waals surface area (Å²) < 4.78 is 11.5. The molecule has 1 atom stereocenters. The number of anilines is 1. The molecule has 5 rings (SSSR count). The first kappa shape index (κ1) is 22.1. The van der Waals surface area contributed by atoms with Gasteiger partial charge in [0.2, 0.25) is 10.9 Å². The van der Waals surface area contributed by atoms with Gasteiger partial charge in [0.15, 0.2) is 16.9 Å². The number of phenolic OH excluding ortho intramolecular Hbond substituents is 1. The van der Waals surface area contributed by atoms with Crippen LogP contribution in [0.5, 0.6) is 11.5 Å². The third-order valence-electron chi connectivity index (χ3n) is 5.62. The summed E-state index contributed by atoms with van der Waals surface area (Å²) in [5.74, 6) is 0.148. The van der Waals surface area contributed by atoms with Gasteiger partial charge in [-0.05, 0) is 42.7 Å². The van der Waals surface area contributed by atoms with Crippen molar-refractivity contribution >= 4 is 33.3 Å². The average Bonchev–Trinajstić information content (AvgIpc) is 3.37. The number of amides is 1. The molecule has 0 radical (unpaired) electrons. The Labute approximate surface area is 199 Å². The molecule has 4 aromatic rings. The van der Waals surface area contributed by atoms with Crippen LogP contribution >= 0.6 is 11.3 Å². The molecule has 0 aliphatic carbocycles. The molecule has 34 heavy (non-hydrogen) atoms. The van der Waals surface area contributed by atoms with Gasteiger partial charge in [-0.1, -0.05) is 43.4 Å². The van der Waals surface area contributed by atoms with Gasteiger partial charge in [-0.15, -0.1) is 10.2 Å². The van der Waals surface area contributed by atoms with Crippen LogP contribution in [0.25, 0.3) is 11.0 Å². The Balaban J connectivity index is 1.73. The Bertz CT molecular complexity index is 1460. The van der Waals surface area contributed by atoms with Crippen LogP contribution in [0.3, 0.4) is 0 Å². The second-order valence-electron chi connectivity index (χ2n) is 8.48. The van der Waals surface area contributed by atoms with Gasteiger partial charge in [-0.3, -0.25) is 14.5 Å². The number of fused-ring (bicyclic) bond motifs is 2. The molecule has 0 bridgehead atoms. The second-order valence-corrected chi connectivity index (χ2v) is 9.52. The standard InChI is InChI=1S/C25H23N3O5S/c1-4-32-18-12-14(9-10-16(18)29)21-20-22(30)15-7-5-6-8-17(15)33-23(20)24(31)28(21)25-27-26-19(34-25)11-13(2)3/h5-10,12-13,21,29H,4,11H2,1-3H3. The van der Waals surface area contributed by atoms with E-state index in [1.807, 2.05) is 6.92 Å². The predicted molar refractivity (Wildman–Crippen MR) is 129 cm³/mol. The highest BCUT2D eigenvalue weighted by Crippen LogP contribution is 2.44. The van der Waals surface area contributed by atoms with Gasteiger partial charge in [0.25, 0.3) is 5.91 Å². The van der Waals surface area contributed by atoms with E-state index >= 15 is 0 Å². The number of hydrogen-bond acceptors (Lipinski definition) is 8. The first-order chi connectivity index (χ1) is 16.4. The minimum absolute atomic E-state index is 0.0136. The highest BCUT2D eigenvalue weighted by molar-refractivity contribution is 7.15. The molecule has 1 unspecified atom stereocenters. The van der Waals surface area contributed by atoms with E-state index in [-0.39, 0.29) is 28.3 Å². The zero-order chi connectivity index (χ0) is 24.0. The van der Waals surface area contributed by atoms with Crippen LogP contribution in [-0.2, 0) is 6.42 Å². The van der Waals surface area contributed by atoms with Crippen LogP contribution in [0, 0.1) is 5.92 Å². The quantitative estimate of drug-likeness (QED) is 0.429. The monoisotopic (exact) mass is 477 g/mol. The summed E-state index contributed by atoms with van der Waals surface area (Å²) in [6.45, 7) is 6.33. The lowest BCUT2D eigenvalue weighted by molar-refractivity contribution is 0.0970. The number of nitrogens with zero attached hydrogens (tertiary/aromatic N) is 3. The predicted octanol–water partition coefficient (Wildman–Crippen LogP) is 4.70. The number of carbonyl (C=O) groups excluding carboxylic acids is 1. The number of phenols is 1. The number of rotatable bonds is 6. The number of carbonyl (C=O) groups is 1. The molecule has 174 valence electrons. The molecule has 9 heteroatoms. The van der Waals surface area contributed by atoms with Gasteiger partial charge in [-0.2, -0.15) is 0 Å². The first-order valence-corrected chi connectivity index (χ1v) is 11.9. The van der Waals surface area contributed by atoms with Crippen molar-refractivity contribution < 1.29 is 19.1 Å². The van der Waals surface area contributed by atoms with Crippen molar-refractivity contribution in [2.75, 3.05) is 11.5 Å². The van der Waals surface area contributed by atoms with Gasteiger partial charge in [0.1, 0.15) is 10.6 Å². The van der Waals surface area contributed by atoms with E-state index in [0.29, 0.717) is 34.2 Å². The molecule has 0 saturated heterocycles. The summed E-state index contributed by atoms with van der Waals surface area (Å²) in [5.41, 5.74) is 0.892. The Morgan fingerprint density at radius 2 is 1.97 bits per heavy atom. The Morgan fingerprint density at radius 3 is 2.74 bits per heavy atom. The average molecular weight is 478 g/mol. The summed E-state index contributed by atoms with van der Waals surface area (Å²) >= 11 is 1.32. The van der Waals surface area contributed by atoms with Crippen molar-refractivity contribution in [1.82, 2.24) is 10.2 Å². The van der Waals surface area contributed by atoms with Crippen molar-refractivity contribution in [2.45, 2.75) is 33.2 Å². The van der Waals surface area contributed by atoms with Gasteiger partial charge >= 0.3 is 0 Å². The van der Waals surface area contributed by atoms with E-state index in [1.54, 1.807) is 36.4 Å². The second kappa shape index (κ2) is 8.57. The Kier molecular flexibility index (Phi) is 5.57. The zero-order valence-electron chi connectivity index (χ0n) is 18.9. The summed E-state index contributed by atoms with van der Waals surface area (Å²) in [5, 5.41) is 20.3. The lowest BCUT2D eigenvalue weighted by atomic mass is 9.98. The molecule has 8 nitrogen and oxygen atoms in total. The summed E-state index contributed by atoms with van der Waals surface area (Å²) in [6, 6.07) is 10.9. The van der Waals surface area contributed by atoms with Crippen molar-refractivity contribution in [3.63, 3.8) is 0 Å². The van der Waals surface area contributed by atoms with E-state index in [9.17, 15) is 14.7 Å².